The number of hydrogen-bond donors (Lipinski definition) is 3. The quantitative estimate of drug-likeness (QED) is 0.635. The van der Waals surface area contributed by atoms with Gasteiger partial charge in [-0.25, -0.2) is 14.5 Å². The van der Waals surface area contributed by atoms with E-state index in [4.69, 9.17) is 0 Å². The smallest absolute Gasteiger partial charge is 0.315 e. The van der Waals surface area contributed by atoms with Crippen molar-refractivity contribution in [2.45, 2.75) is 70.9 Å². The molecule has 3 rings (SSSR count). The SMILES string of the molecule is CC(C)n1ncc2cc(NC(=O)CCCNC(=O)NC3CCCCC3)cnc21. The second kappa shape index (κ2) is 9.52. The van der Waals surface area contributed by atoms with E-state index in [9.17, 15) is 9.59 Å². The van der Waals surface area contributed by atoms with E-state index in [1.807, 2.05) is 24.6 Å². The predicted molar refractivity (Wildman–Crippen MR) is 109 cm³/mol. The van der Waals surface area contributed by atoms with Crippen molar-refractivity contribution >= 4 is 28.7 Å². The summed E-state index contributed by atoms with van der Waals surface area (Å²) in [4.78, 5) is 28.4. The number of anilines is 1. The van der Waals surface area contributed by atoms with E-state index in [-0.39, 0.29) is 18.0 Å². The number of aromatic nitrogens is 3. The summed E-state index contributed by atoms with van der Waals surface area (Å²) in [6.07, 6.45) is 10.1. The normalized spacial score (nSPS) is 15.0. The van der Waals surface area contributed by atoms with Crippen LogP contribution in [0.1, 0.15) is 64.8 Å². The summed E-state index contributed by atoms with van der Waals surface area (Å²) in [5.74, 6) is -0.0908. The van der Waals surface area contributed by atoms with Crippen molar-refractivity contribution < 1.29 is 9.59 Å². The van der Waals surface area contributed by atoms with E-state index in [1.165, 1.54) is 19.3 Å². The summed E-state index contributed by atoms with van der Waals surface area (Å²) in [5, 5.41) is 13.9. The Morgan fingerprint density at radius 3 is 2.75 bits per heavy atom. The molecule has 2 heterocycles. The molecular weight excluding hydrogens is 356 g/mol. The van der Waals surface area contributed by atoms with Crippen molar-refractivity contribution in [1.82, 2.24) is 25.4 Å². The van der Waals surface area contributed by atoms with Crippen LogP contribution in [0.5, 0.6) is 0 Å². The largest absolute Gasteiger partial charge is 0.338 e. The molecule has 8 heteroatoms. The van der Waals surface area contributed by atoms with Crippen molar-refractivity contribution in [3.8, 4) is 0 Å². The number of nitrogens with zero attached hydrogens (tertiary/aromatic N) is 3. The van der Waals surface area contributed by atoms with Crippen molar-refractivity contribution in [2.24, 2.45) is 0 Å². The average molecular weight is 387 g/mol. The first-order valence-electron chi connectivity index (χ1n) is 10.2. The van der Waals surface area contributed by atoms with E-state index in [1.54, 1.807) is 12.4 Å². The van der Waals surface area contributed by atoms with E-state index >= 15 is 0 Å². The predicted octanol–water partition coefficient (Wildman–Crippen LogP) is 3.36. The van der Waals surface area contributed by atoms with Crippen LogP contribution in [-0.4, -0.2) is 39.3 Å². The van der Waals surface area contributed by atoms with Crippen molar-refractivity contribution in [3.05, 3.63) is 18.5 Å². The van der Waals surface area contributed by atoms with Crippen LogP contribution in [0.25, 0.3) is 11.0 Å². The van der Waals surface area contributed by atoms with E-state index < -0.39 is 0 Å². The van der Waals surface area contributed by atoms with Crippen LogP contribution in [0.4, 0.5) is 10.5 Å². The monoisotopic (exact) mass is 386 g/mol. The van der Waals surface area contributed by atoms with Crippen LogP contribution >= 0.6 is 0 Å². The number of hydrogen-bond acceptors (Lipinski definition) is 4. The number of rotatable bonds is 7. The lowest BCUT2D eigenvalue weighted by atomic mass is 9.96. The molecule has 3 amide bonds. The van der Waals surface area contributed by atoms with Gasteiger partial charge in [-0.05, 0) is 39.2 Å². The van der Waals surface area contributed by atoms with Crippen LogP contribution in [0.15, 0.2) is 18.5 Å². The first-order valence-corrected chi connectivity index (χ1v) is 10.2. The van der Waals surface area contributed by atoms with Crippen LogP contribution in [-0.2, 0) is 4.79 Å². The molecule has 0 atom stereocenters. The Bertz CT molecular complexity index is 810. The summed E-state index contributed by atoms with van der Waals surface area (Å²) in [6.45, 7) is 4.57. The standard InChI is InChI=1S/C20H30N6O2/c1-14(2)26-19-15(12-23-26)11-17(13-22-19)24-18(27)9-6-10-21-20(28)25-16-7-4-3-5-8-16/h11-14,16H,3-10H2,1-2H3,(H,24,27)(H2,21,25,28). The highest BCUT2D eigenvalue weighted by molar-refractivity contribution is 5.92. The fourth-order valence-electron chi connectivity index (χ4n) is 3.54. The summed E-state index contributed by atoms with van der Waals surface area (Å²) in [5.41, 5.74) is 1.46. The van der Waals surface area contributed by atoms with Gasteiger partial charge in [0.2, 0.25) is 5.91 Å². The van der Waals surface area contributed by atoms with Crippen LogP contribution in [0.3, 0.4) is 0 Å². The van der Waals surface area contributed by atoms with Gasteiger partial charge in [0.15, 0.2) is 5.65 Å². The van der Waals surface area contributed by atoms with Gasteiger partial charge in [0.05, 0.1) is 18.1 Å². The zero-order valence-electron chi connectivity index (χ0n) is 16.7. The number of carbonyl (C=O) groups excluding carboxylic acids is 2. The first kappa shape index (κ1) is 20.1. The minimum atomic E-state index is -0.135. The maximum absolute atomic E-state index is 12.1. The maximum atomic E-state index is 12.1. The molecule has 0 aliphatic heterocycles. The Labute approximate surface area is 165 Å². The third-order valence-corrected chi connectivity index (χ3v) is 5.01. The van der Waals surface area contributed by atoms with Crippen LogP contribution in [0, 0.1) is 0 Å². The molecule has 28 heavy (non-hydrogen) atoms. The highest BCUT2D eigenvalue weighted by Gasteiger charge is 2.15. The summed E-state index contributed by atoms with van der Waals surface area (Å²) >= 11 is 0. The fourth-order valence-corrected chi connectivity index (χ4v) is 3.54. The van der Waals surface area contributed by atoms with Gasteiger partial charge in [-0.3, -0.25) is 4.79 Å². The summed E-state index contributed by atoms with van der Waals surface area (Å²) < 4.78 is 1.85. The number of pyridine rings is 1. The molecule has 3 N–H and O–H groups in total. The van der Waals surface area contributed by atoms with Gasteiger partial charge >= 0.3 is 6.03 Å². The summed E-state index contributed by atoms with van der Waals surface area (Å²) in [6, 6.07) is 2.26. The molecule has 0 aromatic carbocycles. The zero-order chi connectivity index (χ0) is 19.9. The van der Waals surface area contributed by atoms with Gasteiger partial charge in [-0.15, -0.1) is 0 Å². The molecule has 0 saturated heterocycles. The molecular formula is C20H30N6O2. The van der Waals surface area contributed by atoms with E-state index in [0.29, 0.717) is 31.1 Å². The minimum absolute atomic E-state index is 0.0908. The third kappa shape index (κ3) is 5.43. The molecule has 0 spiro atoms. The molecule has 0 unspecified atom stereocenters. The Balaban J connectivity index is 1.38. The lowest BCUT2D eigenvalue weighted by molar-refractivity contribution is -0.116. The van der Waals surface area contributed by atoms with Gasteiger partial charge in [-0.2, -0.15) is 5.10 Å². The molecule has 2 aromatic heterocycles. The number of urea groups is 1. The lowest BCUT2D eigenvalue weighted by Gasteiger charge is -2.22. The molecule has 152 valence electrons. The van der Waals surface area contributed by atoms with Gasteiger partial charge in [-0.1, -0.05) is 19.3 Å². The Hall–Kier alpha value is -2.64. The van der Waals surface area contributed by atoms with E-state index in [0.717, 1.165) is 23.9 Å². The molecule has 0 bridgehead atoms. The molecule has 1 aliphatic rings. The Morgan fingerprint density at radius 1 is 1.21 bits per heavy atom. The van der Waals surface area contributed by atoms with Crippen molar-refractivity contribution in [3.63, 3.8) is 0 Å². The van der Waals surface area contributed by atoms with Crippen LogP contribution < -0.4 is 16.0 Å². The van der Waals surface area contributed by atoms with Gasteiger partial charge in [0.25, 0.3) is 0 Å². The third-order valence-electron chi connectivity index (χ3n) is 5.01. The maximum Gasteiger partial charge on any atom is 0.315 e. The zero-order valence-corrected chi connectivity index (χ0v) is 16.7. The Kier molecular flexibility index (Phi) is 6.84. The second-order valence-electron chi connectivity index (χ2n) is 7.71. The molecule has 1 fully saturated rings. The number of fused-ring (bicyclic) bond motifs is 1. The molecule has 1 aliphatic carbocycles. The molecule has 8 nitrogen and oxygen atoms in total. The second-order valence-corrected chi connectivity index (χ2v) is 7.71. The lowest BCUT2D eigenvalue weighted by Crippen LogP contribution is -2.43. The fraction of sp³-hybridized carbons (Fsp3) is 0.600. The Morgan fingerprint density at radius 2 is 2.00 bits per heavy atom. The van der Waals surface area contributed by atoms with Crippen molar-refractivity contribution in [2.75, 3.05) is 11.9 Å². The number of nitrogens with one attached hydrogen (secondary N) is 3. The summed E-state index contributed by atoms with van der Waals surface area (Å²) in [7, 11) is 0. The molecule has 0 radical (unpaired) electrons. The topological polar surface area (TPSA) is 101 Å². The van der Waals surface area contributed by atoms with E-state index in [2.05, 4.69) is 26.0 Å². The highest BCUT2D eigenvalue weighted by atomic mass is 16.2. The highest BCUT2D eigenvalue weighted by Crippen LogP contribution is 2.19. The van der Waals surface area contributed by atoms with Gasteiger partial charge in [0.1, 0.15) is 0 Å². The molecule has 2 aromatic rings. The van der Waals surface area contributed by atoms with Gasteiger partial charge < -0.3 is 16.0 Å². The minimum Gasteiger partial charge on any atom is -0.338 e. The average Bonchev–Trinajstić information content (AvgIpc) is 3.09. The first-order chi connectivity index (χ1) is 13.5. The molecule has 1 saturated carbocycles. The van der Waals surface area contributed by atoms with Crippen LogP contribution in [0.2, 0.25) is 0 Å². The van der Waals surface area contributed by atoms with Gasteiger partial charge in [0, 0.05) is 30.4 Å². The van der Waals surface area contributed by atoms with Crippen molar-refractivity contribution in [1.29, 1.82) is 0 Å². The number of amides is 3. The number of carbonyl (C=O) groups is 2.